The predicted molar refractivity (Wildman–Crippen MR) is 98.3 cm³/mol. The molecule has 1 atom stereocenters. The van der Waals surface area contributed by atoms with Crippen molar-refractivity contribution in [2.45, 2.75) is 50.7 Å². The molecule has 25 heavy (non-hydrogen) atoms. The van der Waals surface area contributed by atoms with E-state index in [9.17, 15) is 12.8 Å². The fraction of sp³-hybridized carbons (Fsp3) is 0.368. The third-order valence-electron chi connectivity index (χ3n) is 3.71. The lowest BCUT2D eigenvalue weighted by Gasteiger charge is -2.15. The molecule has 2 aromatic rings. The molecular weight excluding hydrogens is 339 g/mol. The highest BCUT2D eigenvalue weighted by Crippen LogP contribution is 2.13. The molecule has 2 N–H and O–H groups in total. The van der Waals surface area contributed by atoms with Crippen LogP contribution in [0.25, 0.3) is 0 Å². The van der Waals surface area contributed by atoms with Gasteiger partial charge in [0, 0.05) is 18.6 Å². The van der Waals surface area contributed by atoms with Gasteiger partial charge in [0.25, 0.3) is 0 Å². The molecule has 2 rings (SSSR count). The molecule has 6 heteroatoms. The molecule has 0 saturated heterocycles. The standard InChI is InChI=1S/C19H25FN2O2S/c1-14(2)22-25(23,24)19-9-7-16(8-10-19)11-15(3)21-13-17-5-4-6-18(20)12-17/h4-10,12,14-15,21-22H,11,13H2,1-3H3. The first-order chi connectivity index (χ1) is 11.8. The van der Waals surface area contributed by atoms with Gasteiger partial charge in [-0.2, -0.15) is 0 Å². The van der Waals surface area contributed by atoms with Crippen LogP contribution in [0, 0.1) is 5.82 Å². The molecule has 0 heterocycles. The van der Waals surface area contributed by atoms with Crippen molar-refractivity contribution in [2.24, 2.45) is 0 Å². The van der Waals surface area contributed by atoms with Crippen LogP contribution in [0.4, 0.5) is 4.39 Å². The first-order valence-corrected chi connectivity index (χ1v) is 9.83. The summed E-state index contributed by atoms with van der Waals surface area (Å²) in [4.78, 5) is 0.269. The second kappa shape index (κ2) is 8.56. The molecule has 0 radical (unpaired) electrons. The SMILES string of the molecule is CC(C)NS(=O)(=O)c1ccc(CC(C)NCc2cccc(F)c2)cc1. The van der Waals surface area contributed by atoms with Crippen molar-refractivity contribution < 1.29 is 12.8 Å². The number of nitrogens with one attached hydrogen (secondary N) is 2. The average Bonchev–Trinajstić information content (AvgIpc) is 2.52. The van der Waals surface area contributed by atoms with E-state index in [1.165, 1.54) is 12.1 Å². The monoisotopic (exact) mass is 364 g/mol. The van der Waals surface area contributed by atoms with Crippen LogP contribution in [-0.2, 0) is 23.0 Å². The van der Waals surface area contributed by atoms with Gasteiger partial charge in [-0.25, -0.2) is 17.5 Å². The van der Waals surface area contributed by atoms with Gasteiger partial charge in [0.1, 0.15) is 5.82 Å². The van der Waals surface area contributed by atoms with Crippen molar-refractivity contribution in [2.75, 3.05) is 0 Å². The zero-order valence-corrected chi connectivity index (χ0v) is 15.6. The van der Waals surface area contributed by atoms with E-state index in [0.717, 1.165) is 17.5 Å². The first-order valence-electron chi connectivity index (χ1n) is 8.35. The van der Waals surface area contributed by atoms with Crippen LogP contribution in [0.3, 0.4) is 0 Å². The molecule has 0 aromatic heterocycles. The normalized spacial score (nSPS) is 13.2. The van der Waals surface area contributed by atoms with Gasteiger partial charge in [0.15, 0.2) is 0 Å². The Balaban J connectivity index is 1.92. The summed E-state index contributed by atoms with van der Waals surface area (Å²) in [5, 5.41) is 3.35. The zero-order chi connectivity index (χ0) is 18.4. The van der Waals surface area contributed by atoms with Crippen molar-refractivity contribution in [3.63, 3.8) is 0 Å². The lowest BCUT2D eigenvalue weighted by molar-refractivity contribution is 0.542. The van der Waals surface area contributed by atoms with Gasteiger partial charge in [0.2, 0.25) is 10.0 Å². The second-order valence-corrected chi connectivity index (χ2v) is 8.25. The average molecular weight is 364 g/mol. The van der Waals surface area contributed by atoms with Crippen molar-refractivity contribution in [1.82, 2.24) is 10.0 Å². The lowest BCUT2D eigenvalue weighted by atomic mass is 10.1. The largest absolute Gasteiger partial charge is 0.310 e. The van der Waals surface area contributed by atoms with Crippen molar-refractivity contribution in [3.05, 3.63) is 65.5 Å². The summed E-state index contributed by atoms with van der Waals surface area (Å²) in [5.41, 5.74) is 1.94. The van der Waals surface area contributed by atoms with Gasteiger partial charge >= 0.3 is 0 Å². The molecule has 0 aliphatic heterocycles. The highest BCUT2D eigenvalue weighted by Gasteiger charge is 2.15. The van der Waals surface area contributed by atoms with E-state index in [1.54, 1.807) is 32.0 Å². The Morgan fingerprint density at radius 2 is 1.68 bits per heavy atom. The van der Waals surface area contributed by atoms with Crippen LogP contribution >= 0.6 is 0 Å². The second-order valence-electron chi connectivity index (χ2n) is 6.54. The summed E-state index contributed by atoms with van der Waals surface area (Å²) >= 11 is 0. The van der Waals surface area contributed by atoms with E-state index >= 15 is 0 Å². The Morgan fingerprint density at radius 3 is 2.28 bits per heavy atom. The summed E-state index contributed by atoms with van der Waals surface area (Å²) in [6.45, 7) is 6.21. The van der Waals surface area contributed by atoms with Crippen LogP contribution in [0.2, 0.25) is 0 Å². The number of hydrogen-bond donors (Lipinski definition) is 2. The molecule has 0 aliphatic rings. The molecule has 136 valence electrons. The van der Waals surface area contributed by atoms with E-state index in [1.807, 2.05) is 25.1 Å². The lowest BCUT2D eigenvalue weighted by Crippen LogP contribution is -2.30. The minimum Gasteiger partial charge on any atom is -0.310 e. The van der Waals surface area contributed by atoms with E-state index in [4.69, 9.17) is 0 Å². The maximum atomic E-state index is 13.2. The molecule has 0 amide bonds. The fourth-order valence-corrected chi connectivity index (χ4v) is 3.80. The summed E-state index contributed by atoms with van der Waals surface area (Å²) < 4.78 is 40.0. The molecule has 0 saturated carbocycles. The minimum atomic E-state index is -3.46. The number of rotatable bonds is 8. The molecule has 0 aliphatic carbocycles. The van der Waals surface area contributed by atoms with Gasteiger partial charge in [-0.05, 0) is 62.6 Å². The Labute approximate surface area is 149 Å². The molecule has 1 unspecified atom stereocenters. The van der Waals surface area contributed by atoms with E-state index in [2.05, 4.69) is 10.0 Å². The molecule has 4 nitrogen and oxygen atoms in total. The first kappa shape index (κ1) is 19.6. The number of hydrogen-bond acceptors (Lipinski definition) is 3. The fourth-order valence-electron chi connectivity index (χ4n) is 2.55. The highest BCUT2D eigenvalue weighted by atomic mass is 32.2. The molecule has 0 bridgehead atoms. The van der Waals surface area contributed by atoms with Gasteiger partial charge in [0.05, 0.1) is 4.90 Å². The molecular formula is C19H25FN2O2S. The molecule has 2 aromatic carbocycles. The number of benzene rings is 2. The van der Waals surface area contributed by atoms with Gasteiger partial charge < -0.3 is 5.32 Å². The summed E-state index contributed by atoms with van der Waals surface area (Å²) in [5.74, 6) is -0.237. The maximum Gasteiger partial charge on any atom is 0.240 e. The smallest absolute Gasteiger partial charge is 0.240 e. The van der Waals surface area contributed by atoms with Gasteiger partial charge in [-0.15, -0.1) is 0 Å². The van der Waals surface area contributed by atoms with Crippen molar-refractivity contribution in [1.29, 1.82) is 0 Å². The number of sulfonamides is 1. The van der Waals surface area contributed by atoms with E-state index < -0.39 is 10.0 Å². The van der Waals surface area contributed by atoms with E-state index in [0.29, 0.717) is 6.54 Å². The quantitative estimate of drug-likeness (QED) is 0.756. The molecule has 0 fully saturated rings. The van der Waals surface area contributed by atoms with Gasteiger partial charge in [-0.1, -0.05) is 24.3 Å². The third kappa shape index (κ3) is 6.23. The highest BCUT2D eigenvalue weighted by molar-refractivity contribution is 7.89. The van der Waals surface area contributed by atoms with Crippen LogP contribution in [0.5, 0.6) is 0 Å². The zero-order valence-electron chi connectivity index (χ0n) is 14.8. The van der Waals surface area contributed by atoms with E-state index in [-0.39, 0.29) is 22.8 Å². The Hall–Kier alpha value is -1.76. The summed E-state index contributed by atoms with van der Waals surface area (Å²) in [6.07, 6.45) is 0.757. The van der Waals surface area contributed by atoms with Crippen LogP contribution < -0.4 is 10.0 Å². The summed E-state index contributed by atoms with van der Waals surface area (Å²) in [6, 6.07) is 13.5. The topological polar surface area (TPSA) is 58.2 Å². The van der Waals surface area contributed by atoms with Crippen LogP contribution in [0.1, 0.15) is 31.9 Å². The number of halogens is 1. The Morgan fingerprint density at radius 1 is 1.00 bits per heavy atom. The third-order valence-corrected chi connectivity index (χ3v) is 5.38. The predicted octanol–water partition coefficient (Wildman–Crippen LogP) is 3.23. The molecule has 0 spiro atoms. The Kier molecular flexibility index (Phi) is 6.70. The Bertz CT molecular complexity index is 789. The maximum absolute atomic E-state index is 13.2. The van der Waals surface area contributed by atoms with Gasteiger partial charge in [-0.3, -0.25) is 0 Å². The van der Waals surface area contributed by atoms with Crippen molar-refractivity contribution >= 4 is 10.0 Å². The summed E-state index contributed by atoms with van der Waals surface area (Å²) in [7, 11) is -3.46. The van der Waals surface area contributed by atoms with Crippen LogP contribution in [0.15, 0.2) is 53.4 Å². The van der Waals surface area contributed by atoms with Crippen molar-refractivity contribution in [3.8, 4) is 0 Å². The minimum absolute atomic E-state index is 0.142. The van der Waals surface area contributed by atoms with Crippen LogP contribution in [-0.4, -0.2) is 20.5 Å².